The molecule has 6 atom stereocenters. The monoisotopic (exact) mass is 360 g/mol. The second-order valence-corrected chi connectivity index (χ2v) is 9.80. The molecule has 3 rings (SSSR count). The zero-order chi connectivity index (χ0) is 18.8. The molecule has 2 nitrogen and oxygen atoms in total. The minimum absolute atomic E-state index is 0.171. The maximum absolute atomic E-state index is 9.93. The molecule has 148 valence electrons. The van der Waals surface area contributed by atoms with E-state index in [1.54, 1.807) is 0 Å². The van der Waals surface area contributed by atoms with Gasteiger partial charge in [0.2, 0.25) is 0 Å². The van der Waals surface area contributed by atoms with E-state index in [1.807, 2.05) is 0 Å². The molecular weight excluding hydrogens is 320 g/mol. The van der Waals surface area contributed by atoms with Crippen LogP contribution in [0.5, 0.6) is 0 Å². The molecule has 0 radical (unpaired) electrons. The Labute approximate surface area is 161 Å². The summed E-state index contributed by atoms with van der Waals surface area (Å²) in [4.78, 5) is 0. The average Bonchev–Trinajstić information content (AvgIpc) is 2.86. The van der Waals surface area contributed by atoms with Crippen molar-refractivity contribution in [2.24, 2.45) is 29.1 Å². The van der Waals surface area contributed by atoms with E-state index in [0.29, 0.717) is 17.3 Å². The Balaban J connectivity index is 1.47. The van der Waals surface area contributed by atoms with Gasteiger partial charge in [0.25, 0.3) is 0 Å². The number of rotatable bonds is 9. The molecule has 3 aliphatic carbocycles. The summed E-state index contributed by atoms with van der Waals surface area (Å²) < 4.78 is 6.62. The number of ether oxygens (including phenoxy) is 1. The summed E-state index contributed by atoms with van der Waals surface area (Å²) in [6, 6.07) is 0. The van der Waals surface area contributed by atoms with Crippen molar-refractivity contribution in [1.29, 1.82) is 0 Å². The second-order valence-electron chi connectivity index (χ2n) is 9.80. The van der Waals surface area contributed by atoms with Crippen molar-refractivity contribution < 1.29 is 9.84 Å². The van der Waals surface area contributed by atoms with Crippen LogP contribution in [0.15, 0.2) is 24.3 Å². The first-order valence-electron chi connectivity index (χ1n) is 11.1. The molecule has 0 aromatic rings. The van der Waals surface area contributed by atoms with Gasteiger partial charge in [-0.3, -0.25) is 0 Å². The van der Waals surface area contributed by atoms with Crippen LogP contribution in [0.2, 0.25) is 0 Å². The van der Waals surface area contributed by atoms with Crippen molar-refractivity contribution in [3.8, 4) is 0 Å². The van der Waals surface area contributed by atoms with Crippen LogP contribution in [-0.4, -0.2) is 23.4 Å². The first-order chi connectivity index (χ1) is 12.4. The zero-order valence-electron chi connectivity index (χ0n) is 17.4. The fourth-order valence-electron chi connectivity index (χ4n) is 5.80. The van der Waals surface area contributed by atoms with Gasteiger partial charge in [-0.15, -0.1) is 0 Å². The molecule has 0 aromatic heterocycles. The highest BCUT2D eigenvalue weighted by molar-refractivity contribution is 5.22. The molecule has 0 aliphatic heterocycles. The molecule has 1 N–H and O–H groups in total. The lowest BCUT2D eigenvalue weighted by Gasteiger charge is -2.29. The Morgan fingerprint density at radius 3 is 2.77 bits per heavy atom. The van der Waals surface area contributed by atoms with Gasteiger partial charge in [0, 0.05) is 12.5 Å². The summed E-state index contributed by atoms with van der Waals surface area (Å²) in [6.45, 7) is 10.4. The van der Waals surface area contributed by atoms with Crippen LogP contribution < -0.4 is 0 Å². The van der Waals surface area contributed by atoms with Gasteiger partial charge in [-0.2, -0.15) is 0 Å². The van der Waals surface area contributed by atoms with E-state index in [0.717, 1.165) is 37.7 Å². The van der Waals surface area contributed by atoms with Crippen LogP contribution in [0, 0.1) is 29.1 Å². The quantitative estimate of drug-likeness (QED) is 0.518. The maximum Gasteiger partial charge on any atom is 0.0773 e. The zero-order valence-corrected chi connectivity index (χ0v) is 17.4. The van der Waals surface area contributed by atoms with Crippen molar-refractivity contribution in [1.82, 2.24) is 0 Å². The third-order valence-corrected chi connectivity index (χ3v) is 7.62. The van der Waals surface area contributed by atoms with E-state index in [2.05, 4.69) is 52.0 Å². The molecule has 2 fully saturated rings. The number of aliphatic hydroxyl groups excluding tert-OH is 1. The Morgan fingerprint density at radius 2 is 2.08 bits per heavy atom. The summed E-state index contributed by atoms with van der Waals surface area (Å²) >= 11 is 0. The fourth-order valence-corrected chi connectivity index (χ4v) is 5.80. The topological polar surface area (TPSA) is 29.5 Å². The van der Waals surface area contributed by atoms with Gasteiger partial charge in [0.05, 0.1) is 11.7 Å². The molecule has 0 bridgehead atoms. The summed E-state index contributed by atoms with van der Waals surface area (Å²) in [5.41, 5.74) is 0.544. The minimum atomic E-state index is -0.172. The SMILES string of the molecule is CCCC(C=CCC1C=CCC1O)CCO[C@@]12CC(C)CC[C@@H]1C2(C)C. The first-order valence-corrected chi connectivity index (χ1v) is 11.1. The fraction of sp³-hybridized carbons (Fsp3) is 0.833. The van der Waals surface area contributed by atoms with Crippen LogP contribution in [0.3, 0.4) is 0 Å². The second kappa shape index (κ2) is 8.19. The lowest BCUT2D eigenvalue weighted by Crippen LogP contribution is -2.28. The number of allylic oxidation sites excluding steroid dienone is 2. The molecule has 0 spiro atoms. The van der Waals surface area contributed by atoms with E-state index >= 15 is 0 Å². The number of fused-ring (bicyclic) bond motifs is 1. The van der Waals surface area contributed by atoms with E-state index in [1.165, 1.54) is 32.1 Å². The van der Waals surface area contributed by atoms with E-state index in [4.69, 9.17) is 4.74 Å². The number of hydrogen-bond donors (Lipinski definition) is 1. The molecule has 0 aromatic carbocycles. The summed E-state index contributed by atoms with van der Waals surface area (Å²) in [7, 11) is 0. The van der Waals surface area contributed by atoms with Gasteiger partial charge in [-0.25, -0.2) is 0 Å². The Bertz CT molecular complexity index is 520. The van der Waals surface area contributed by atoms with Gasteiger partial charge in [-0.05, 0) is 61.7 Å². The van der Waals surface area contributed by atoms with Gasteiger partial charge in [0.15, 0.2) is 0 Å². The molecule has 2 heteroatoms. The van der Waals surface area contributed by atoms with Gasteiger partial charge >= 0.3 is 0 Å². The number of aliphatic hydroxyl groups is 1. The van der Waals surface area contributed by atoms with Crippen LogP contribution in [0.25, 0.3) is 0 Å². The largest absolute Gasteiger partial charge is 0.392 e. The van der Waals surface area contributed by atoms with Crippen molar-refractivity contribution in [3.63, 3.8) is 0 Å². The average molecular weight is 361 g/mol. The lowest BCUT2D eigenvalue weighted by atomic mass is 9.88. The minimum Gasteiger partial charge on any atom is -0.392 e. The first kappa shape index (κ1) is 20.1. The Kier molecular flexibility index (Phi) is 6.34. The third kappa shape index (κ3) is 3.97. The molecule has 2 saturated carbocycles. The smallest absolute Gasteiger partial charge is 0.0773 e. The molecule has 0 amide bonds. The molecular formula is C24H40O2. The Hall–Kier alpha value is -0.600. The summed E-state index contributed by atoms with van der Waals surface area (Å²) in [5.74, 6) is 2.52. The van der Waals surface area contributed by atoms with Crippen molar-refractivity contribution in [2.75, 3.05) is 6.61 Å². The van der Waals surface area contributed by atoms with Crippen molar-refractivity contribution in [3.05, 3.63) is 24.3 Å². The summed E-state index contributed by atoms with van der Waals surface area (Å²) in [6.07, 6.45) is 18.2. The highest BCUT2D eigenvalue weighted by Gasteiger charge is 2.72. The normalized spacial score (nSPS) is 39.3. The van der Waals surface area contributed by atoms with Crippen molar-refractivity contribution >= 4 is 0 Å². The third-order valence-electron chi connectivity index (χ3n) is 7.62. The molecule has 0 saturated heterocycles. The Morgan fingerprint density at radius 1 is 1.27 bits per heavy atom. The molecule has 0 heterocycles. The van der Waals surface area contributed by atoms with E-state index < -0.39 is 0 Å². The molecule has 26 heavy (non-hydrogen) atoms. The molecule has 3 aliphatic rings. The van der Waals surface area contributed by atoms with Gasteiger partial charge < -0.3 is 9.84 Å². The predicted octanol–water partition coefficient (Wildman–Crippen LogP) is 5.91. The predicted molar refractivity (Wildman–Crippen MR) is 109 cm³/mol. The van der Waals surface area contributed by atoms with E-state index in [-0.39, 0.29) is 11.7 Å². The maximum atomic E-state index is 9.93. The van der Waals surface area contributed by atoms with Crippen LogP contribution >= 0.6 is 0 Å². The van der Waals surface area contributed by atoms with Crippen LogP contribution in [0.1, 0.15) is 79.1 Å². The number of hydrogen-bond acceptors (Lipinski definition) is 2. The van der Waals surface area contributed by atoms with Gasteiger partial charge in [0.1, 0.15) is 0 Å². The lowest BCUT2D eigenvalue weighted by molar-refractivity contribution is -0.0291. The van der Waals surface area contributed by atoms with Gasteiger partial charge in [-0.1, -0.05) is 64.8 Å². The molecule has 4 unspecified atom stereocenters. The van der Waals surface area contributed by atoms with Crippen LogP contribution in [-0.2, 0) is 4.74 Å². The highest BCUT2D eigenvalue weighted by Crippen LogP contribution is 2.70. The van der Waals surface area contributed by atoms with Crippen LogP contribution in [0.4, 0.5) is 0 Å². The standard InChI is InChI=1S/C24H40O2/c1-5-8-19(9-6-10-20-11-7-12-21(20)25)15-16-26-24-17-18(2)13-14-22(24)23(24,3)4/h6-7,9,11,18-22,25H,5,8,10,12-17H2,1-4H3/t18?,19?,20?,21?,22-,24+/m1/s1. The van der Waals surface area contributed by atoms with Crippen molar-refractivity contribution in [2.45, 2.75) is 90.8 Å². The van der Waals surface area contributed by atoms with E-state index in [9.17, 15) is 5.11 Å². The summed E-state index contributed by atoms with van der Waals surface area (Å²) in [5, 5.41) is 9.93. The highest BCUT2D eigenvalue weighted by atomic mass is 16.5.